The van der Waals surface area contributed by atoms with E-state index in [0.29, 0.717) is 17.2 Å². The minimum absolute atomic E-state index is 0.0121. The number of fused-ring (bicyclic) bond motifs is 1. The third kappa shape index (κ3) is 2.69. The molecule has 23 heavy (non-hydrogen) atoms. The first-order chi connectivity index (χ1) is 10.9. The summed E-state index contributed by atoms with van der Waals surface area (Å²) in [5, 5.41) is 15.1. The zero-order chi connectivity index (χ0) is 16.7. The Morgan fingerprint density at radius 3 is 2.83 bits per heavy atom. The van der Waals surface area contributed by atoms with Crippen LogP contribution in [-0.2, 0) is 20.8 Å². The zero-order valence-corrected chi connectivity index (χ0v) is 13.2. The molecule has 0 saturated carbocycles. The number of aryl methyl sites for hydroxylation is 1. The molecule has 9 nitrogen and oxygen atoms in total. The van der Waals surface area contributed by atoms with Gasteiger partial charge in [0, 0.05) is 12.7 Å². The first-order valence-electron chi connectivity index (χ1n) is 6.84. The molecule has 0 bridgehead atoms. The Morgan fingerprint density at radius 2 is 2.22 bits per heavy atom. The summed E-state index contributed by atoms with van der Waals surface area (Å²) < 4.78 is 4.78. The summed E-state index contributed by atoms with van der Waals surface area (Å²) in [6, 6.07) is -0.733. The van der Waals surface area contributed by atoms with Crippen molar-refractivity contribution >= 4 is 29.5 Å². The van der Waals surface area contributed by atoms with Crippen molar-refractivity contribution in [2.24, 2.45) is 0 Å². The minimum atomic E-state index is -1.13. The van der Waals surface area contributed by atoms with Crippen LogP contribution in [0, 0.1) is 6.92 Å². The van der Waals surface area contributed by atoms with Crippen LogP contribution in [0.5, 0.6) is 0 Å². The average molecular weight is 338 g/mol. The van der Waals surface area contributed by atoms with Gasteiger partial charge in [-0.1, -0.05) is 5.16 Å². The van der Waals surface area contributed by atoms with E-state index in [4.69, 9.17) is 4.52 Å². The van der Waals surface area contributed by atoms with Crippen LogP contribution in [0.15, 0.2) is 15.8 Å². The summed E-state index contributed by atoms with van der Waals surface area (Å²) in [6.07, 6.45) is -0.0981. The maximum atomic E-state index is 12.2. The lowest BCUT2D eigenvalue weighted by Gasteiger charge is -2.49. The van der Waals surface area contributed by atoms with Crippen LogP contribution < -0.4 is 5.32 Å². The monoisotopic (exact) mass is 338 g/mol. The van der Waals surface area contributed by atoms with Crippen molar-refractivity contribution in [3.05, 3.63) is 23.0 Å². The Bertz CT molecular complexity index is 728. The second-order valence-electron chi connectivity index (χ2n) is 5.30. The van der Waals surface area contributed by atoms with Gasteiger partial charge in [0.05, 0.1) is 6.42 Å². The number of carbonyl (C=O) groups is 3. The molecule has 2 amide bonds. The summed E-state index contributed by atoms with van der Waals surface area (Å²) in [6.45, 7) is 3.30. The third-order valence-electron chi connectivity index (χ3n) is 3.57. The molecule has 0 radical (unpaired) electrons. The van der Waals surface area contributed by atoms with Crippen LogP contribution in [0.1, 0.15) is 18.6 Å². The van der Waals surface area contributed by atoms with Gasteiger partial charge in [0.25, 0.3) is 5.91 Å². The molecule has 1 aromatic rings. The van der Waals surface area contributed by atoms with Crippen molar-refractivity contribution in [2.75, 3.05) is 5.75 Å². The highest BCUT2D eigenvalue weighted by atomic mass is 32.2. The number of hydrogen-bond donors (Lipinski definition) is 2. The molecular weight excluding hydrogens is 324 g/mol. The second kappa shape index (κ2) is 5.69. The van der Waals surface area contributed by atoms with Gasteiger partial charge in [-0.05, 0) is 12.5 Å². The molecule has 1 fully saturated rings. The van der Waals surface area contributed by atoms with Crippen molar-refractivity contribution in [3.8, 4) is 0 Å². The fraction of sp³-hybridized carbons (Fsp3) is 0.462. The van der Waals surface area contributed by atoms with Gasteiger partial charge in [-0.3, -0.25) is 14.5 Å². The number of aliphatic carboxylic acids is 1. The number of nitrogens with one attached hydrogen (secondary N) is 1. The van der Waals surface area contributed by atoms with Crippen molar-refractivity contribution in [1.29, 1.82) is 0 Å². The minimum Gasteiger partial charge on any atom is -0.477 e. The Hall–Kier alpha value is -2.36. The highest BCUT2D eigenvalue weighted by Gasteiger charge is 2.53. The van der Waals surface area contributed by atoms with Gasteiger partial charge < -0.3 is 14.9 Å². The molecule has 3 rings (SSSR count). The molecule has 0 spiro atoms. The average Bonchev–Trinajstić information content (AvgIpc) is 2.89. The summed E-state index contributed by atoms with van der Waals surface area (Å²) in [7, 11) is 0. The van der Waals surface area contributed by atoms with Crippen molar-refractivity contribution in [2.45, 2.75) is 31.7 Å². The van der Waals surface area contributed by atoms with E-state index in [2.05, 4.69) is 15.5 Å². The standard InChI is InChI=1S/C13H14N4O5S/c1-5-4-23-12-9(11(19)17(12)10(5)13(20)21)15-8(18)3-7-14-6(2)22-16-7/h9,12H,3-4H2,1-2H3,(H,15,18)(H,20,21). The normalized spacial score (nSPS) is 23.4. The zero-order valence-electron chi connectivity index (χ0n) is 12.4. The van der Waals surface area contributed by atoms with Gasteiger partial charge in [-0.15, -0.1) is 11.8 Å². The Kier molecular flexibility index (Phi) is 3.84. The number of rotatable bonds is 4. The lowest BCUT2D eigenvalue weighted by atomic mass is 10.0. The maximum absolute atomic E-state index is 12.2. The molecule has 2 aliphatic heterocycles. The first-order valence-corrected chi connectivity index (χ1v) is 7.89. The van der Waals surface area contributed by atoms with Crippen LogP contribution in [-0.4, -0.2) is 55.1 Å². The molecule has 2 N–H and O–H groups in total. The van der Waals surface area contributed by atoms with E-state index in [-0.39, 0.29) is 17.9 Å². The van der Waals surface area contributed by atoms with Gasteiger partial charge in [-0.2, -0.15) is 4.98 Å². The quantitative estimate of drug-likeness (QED) is 0.715. The lowest BCUT2D eigenvalue weighted by molar-refractivity contribution is -0.150. The van der Waals surface area contributed by atoms with Crippen LogP contribution >= 0.6 is 11.8 Å². The van der Waals surface area contributed by atoms with Crippen molar-refractivity contribution in [1.82, 2.24) is 20.4 Å². The van der Waals surface area contributed by atoms with Crippen molar-refractivity contribution in [3.63, 3.8) is 0 Å². The molecular formula is C13H14N4O5S. The van der Waals surface area contributed by atoms with Gasteiger partial charge in [-0.25, -0.2) is 4.79 Å². The fourth-order valence-corrected chi connectivity index (χ4v) is 3.85. The molecule has 0 aromatic carbocycles. The van der Waals surface area contributed by atoms with E-state index in [9.17, 15) is 19.5 Å². The fourth-order valence-electron chi connectivity index (χ4n) is 2.56. The maximum Gasteiger partial charge on any atom is 0.352 e. The second-order valence-corrected chi connectivity index (χ2v) is 6.40. The number of aromatic nitrogens is 2. The van der Waals surface area contributed by atoms with Gasteiger partial charge in [0.2, 0.25) is 11.8 Å². The van der Waals surface area contributed by atoms with Crippen LogP contribution in [0.2, 0.25) is 0 Å². The van der Waals surface area contributed by atoms with Crippen molar-refractivity contribution < 1.29 is 24.0 Å². The summed E-state index contributed by atoms with van der Waals surface area (Å²) in [4.78, 5) is 40.6. The summed E-state index contributed by atoms with van der Waals surface area (Å²) in [5.41, 5.74) is 0.650. The van der Waals surface area contributed by atoms with Gasteiger partial charge in [0.1, 0.15) is 17.1 Å². The summed E-state index contributed by atoms with van der Waals surface area (Å²) >= 11 is 1.43. The molecule has 122 valence electrons. The van der Waals surface area contributed by atoms with Crippen LogP contribution in [0.4, 0.5) is 0 Å². The number of nitrogens with zero attached hydrogens (tertiary/aromatic N) is 3. The van der Waals surface area contributed by atoms with E-state index >= 15 is 0 Å². The number of amides is 2. The molecule has 10 heteroatoms. The van der Waals surface area contributed by atoms with E-state index in [1.54, 1.807) is 13.8 Å². The van der Waals surface area contributed by atoms with E-state index in [1.807, 2.05) is 0 Å². The smallest absolute Gasteiger partial charge is 0.352 e. The van der Waals surface area contributed by atoms with E-state index < -0.39 is 29.2 Å². The molecule has 0 aliphatic carbocycles. The Labute approximate surface area is 135 Å². The highest BCUT2D eigenvalue weighted by molar-refractivity contribution is 8.00. The summed E-state index contributed by atoms with van der Waals surface area (Å²) in [5.74, 6) is -0.862. The number of thioether (sulfide) groups is 1. The van der Waals surface area contributed by atoms with E-state index in [1.165, 1.54) is 16.7 Å². The first kappa shape index (κ1) is 15.5. The largest absolute Gasteiger partial charge is 0.477 e. The number of carbonyl (C=O) groups excluding carboxylic acids is 2. The Balaban J connectivity index is 1.66. The molecule has 1 aromatic heterocycles. The van der Waals surface area contributed by atoms with E-state index in [0.717, 1.165) is 0 Å². The highest BCUT2D eigenvalue weighted by Crippen LogP contribution is 2.40. The Morgan fingerprint density at radius 1 is 1.48 bits per heavy atom. The third-order valence-corrected chi connectivity index (χ3v) is 4.99. The van der Waals surface area contributed by atoms with Gasteiger partial charge in [0.15, 0.2) is 5.82 Å². The SMILES string of the molecule is CC1=C(C(=O)O)N2C(=O)C(NC(=O)Cc3noc(C)n3)C2SC1. The topological polar surface area (TPSA) is 126 Å². The van der Waals surface area contributed by atoms with Gasteiger partial charge >= 0.3 is 5.97 Å². The molecule has 1 saturated heterocycles. The number of β-lactam (4-membered cyclic amide) rings is 1. The molecule has 2 unspecified atom stereocenters. The molecule has 3 heterocycles. The van der Waals surface area contributed by atoms with Crippen LogP contribution in [0.25, 0.3) is 0 Å². The molecule has 2 aliphatic rings. The lowest BCUT2D eigenvalue weighted by Crippen LogP contribution is -2.70. The number of hydrogen-bond acceptors (Lipinski definition) is 7. The predicted molar refractivity (Wildman–Crippen MR) is 78.1 cm³/mol. The van der Waals surface area contributed by atoms with Crippen LogP contribution in [0.3, 0.4) is 0 Å². The predicted octanol–water partition coefficient (Wildman–Crippen LogP) is -0.321. The number of carboxylic acid groups (broad SMARTS) is 1. The number of carboxylic acids is 1. The molecule has 2 atom stereocenters.